The highest BCUT2D eigenvalue weighted by atomic mass is 35.5. The average molecular weight is 666 g/mol. The number of ether oxygens (including phenoxy) is 5. The molecular formula is C27H38Cl2N3O10P. The second kappa shape index (κ2) is 17.2. The Bertz CT molecular complexity index is 1230. The molecule has 13 nitrogen and oxygen atoms in total. The molecule has 1 aliphatic rings. The van der Waals surface area contributed by atoms with E-state index in [1.165, 1.54) is 45.7 Å². The van der Waals surface area contributed by atoms with Gasteiger partial charge in [0, 0.05) is 50.0 Å². The van der Waals surface area contributed by atoms with Crippen molar-refractivity contribution in [1.82, 2.24) is 15.4 Å². The maximum Gasteiger partial charge on any atom is 0.508 e. The van der Waals surface area contributed by atoms with E-state index in [0.717, 1.165) is 0 Å². The summed E-state index contributed by atoms with van der Waals surface area (Å²) in [6.45, 7) is 1.01. The number of phosphoric acid groups is 1. The van der Waals surface area contributed by atoms with Gasteiger partial charge in [0.05, 0.1) is 42.2 Å². The summed E-state index contributed by atoms with van der Waals surface area (Å²) >= 11 is 11.9. The molecule has 1 fully saturated rings. The van der Waals surface area contributed by atoms with E-state index < -0.39 is 13.9 Å². The lowest BCUT2D eigenvalue weighted by Crippen LogP contribution is -2.54. The number of carbonyl (C=O) groups is 1. The Labute approximate surface area is 261 Å². The third-order valence-electron chi connectivity index (χ3n) is 6.37. The van der Waals surface area contributed by atoms with Crippen LogP contribution in [0.5, 0.6) is 28.7 Å². The Hall–Kier alpha value is -2.32. The maximum atomic E-state index is 14.2. The van der Waals surface area contributed by atoms with Gasteiger partial charge >= 0.3 is 7.82 Å². The number of benzene rings is 2. The summed E-state index contributed by atoms with van der Waals surface area (Å²) in [6, 6.07) is 7.26. The Morgan fingerprint density at radius 3 is 2.12 bits per heavy atom. The summed E-state index contributed by atoms with van der Waals surface area (Å²) in [6.07, 6.45) is 0. The standard InChI is InChI=1S/C27H38Cl2N3O10P/c1-35-22-7-6-20(16-23(22)36-2)26(33)21-17-30-10-13-32(21)42-43(34,41-31(11-8-28)12-9-29)40-18-19-14-24(37-3)27(39-5)25(15-19)38-4/h6-7,14-16,21,30H,8-13,17-18H2,1-5H3. The van der Waals surface area contributed by atoms with Crippen molar-refractivity contribution in [2.45, 2.75) is 12.6 Å². The predicted molar refractivity (Wildman–Crippen MR) is 161 cm³/mol. The molecule has 1 heterocycles. The monoisotopic (exact) mass is 665 g/mol. The van der Waals surface area contributed by atoms with Gasteiger partial charge in [-0.2, -0.15) is 19.4 Å². The van der Waals surface area contributed by atoms with Crippen LogP contribution in [-0.2, 0) is 24.9 Å². The van der Waals surface area contributed by atoms with Gasteiger partial charge in [0.2, 0.25) is 5.75 Å². The predicted octanol–water partition coefficient (Wildman–Crippen LogP) is 4.15. The Morgan fingerprint density at radius 1 is 0.930 bits per heavy atom. The first-order chi connectivity index (χ1) is 20.8. The number of rotatable bonds is 18. The van der Waals surface area contributed by atoms with E-state index in [-0.39, 0.29) is 50.3 Å². The van der Waals surface area contributed by atoms with E-state index in [9.17, 15) is 9.36 Å². The summed E-state index contributed by atoms with van der Waals surface area (Å²) in [5.41, 5.74) is 0.876. The molecule has 2 aromatic carbocycles. The van der Waals surface area contributed by atoms with E-state index in [2.05, 4.69) is 5.32 Å². The number of halogens is 2. The zero-order chi connectivity index (χ0) is 31.4. The van der Waals surface area contributed by atoms with Gasteiger partial charge in [0.25, 0.3) is 0 Å². The smallest absolute Gasteiger partial charge is 0.493 e. The molecule has 1 saturated heterocycles. The molecule has 3 rings (SSSR count). The van der Waals surface area contributed by atoms with Gasteiger partial charge in [-0.05, 0) is 35.9 Å². The van der Waals surface area contributed by atoms with Crippen LogP contribution in [0.15, 0.2) is 30.3 Å². The molecule has 43 heavy (non-hydrogen) atoms. The molecular weight excluding hydrogens is 628 g/mol. The van der Waals surface area contributed by atoms with Crippen LogP contribution in [0.1, 0.15) is 15.9 Å². The van der Waals surface area contributed by atoms with Crippen molar-refractivity contribution >= 4 is 36.8 Å². The minimum Gasteiger partial charge on any atom is -0.493 e. The average Bonchev–Trinajstić information content (AvgIpc) is 3.03. The number of alkyl halides is 2. The molecule has 0 bridgehead atoms. The highest BCUT2D eigenvalue weighted by Gasteiger charge is 2.40. The van der Waals surface area contributed by atoms with Crippen molar-refractivity contribution in [2.24, 2.45) is 0 Å². The number of nitrogens with one attached hydrogen (secondary N) is 1. The maximum absolute atomic E-state index is 14.2. The number of hydroxylamine groups is 4. The summed E-state index contributed by atoms with van der Waals surface area (Å²) in [5, 5.41) is 5.79. The lowest BCUT2D eigenvalue weighted by atomic mass is 10.0. The molecule has 0 radical (unpaired) electrons. The fraction of sp³-hybridized carbons (Fsp3) is 0.519. The topological polar surface area (TPSA) is 126 Å². The van der Waals surface area contributed by atoms with E-state index in [4.69, 9.17) is 60.7 Å². The SMILES string of the molecule is COc1ccc(C(=O)C2CNCCN2OP(=O)(OCc2cc(OC)c(OC)c(OC)c2)ON(CCCl)CCCl)cc1OC. The van der Waals surface area contributed by atoms with Crippen LogP contribution in [0, 0.1) is 0 Å². The number of hydrogen-bond acceptors (Lipinski definition) is 13. The first-order valence-electron chi connectivity index (χ1n) is 13.3. The van der Waals surface area contributed by atoms with Gasteiger partial charge in [-0.15, -0.1) is 23.2 Å². The van der Waals surface area contributed by atoms with Crippen LogP contribution in [0.2, 0.25) is 0 Å². The minimum absolute atomic E-state index is 0.164. The fourth-order valence-corrected chi connectivity index (χ4v) is 5.98. The number of nitrogens with zero attached hydrogens (tertiary/aromatic N) is 2. The van der Waals surface area contributed by atoms with Crippen LogP contribution < -0.4 is 29.0 Å². The molecule has 2 unspecified atom stereocenters. The summed E-state index contributed by atoms with van der Waals surface area (Å²) in [5.74, 6) is 2.04. The van der Waals surface area contributed by atoms with E-state index in [1.54, 1.807) is 30.3 Å². The van der Waals surface area contributed by atoms with Gasteiger partial charge in [-0.3, -0.25) is 9.32 Å². The molecule has 0 aromatic heterocycles. The molecule has 2 atom stereocenters. The van der Waals surface area contributed by atoms with Crippen molar-refractivity contribution in [3.05, 3.63) is 41.5 Å². The van der Waals surface area contributed by atoms with Crippen LogP contribution in [0.4, 0.5) is 0 Å². The number of methoxy groups -OCH3 is 5. The summed E-state index contributed by atoms with van der Waals surface area (Å²) in [4.78, 5) is 13.7. The Morgan fingerprint density at radius 2 is 1.56 bits per heavy atom. The number of piperazine rings is 1. The van der Waals surface area contributed by atoms with Gasteiger partial charge < -0.3 is 29.0 Å². The van der Waals surface area contributed by atoms with Gasteiger partial charge in [0.15, 0.2) is 28.8 Å². The van der Waals surface area contributed by atoms with Gasteiger partial charge in [-0.1, -0.05) is 0 Å². The molecule has 0 amide bonds. The molecule has 1 N–H and O–H groups in total. The molecule has 16 heteroatoms. The molecule has 2 aromatic rings. The van der Waals surface area contributed by atoms with Gasteiger partial charge in [0.1, 0.15) is 6.04 Å². The molecule has 0 saturated carbocycles. The van der Waals surface area contributed by atoms with Crippen molar-refractivity contribution < 1.29 is 46.8 Å². The van der Waals surface area contributed by atoms with Crippen molar-refractivity contribution in [3.63, 3.8) is 0 Å². The second-order valence-electron chi connectivity index (χ2n) is 9.02. The fourth-order valence-electron chi connectivity index (χ4n) is 4.27. The van der Waals surface area contributed by atoms with Crippen molar-refractivity contribution in [1.29, 1.82) is 0 Å². The number of carbonyl (C=O) groups excluding carboxylic acids is 1. The number of Topliss-reactive ketones (excluding diaryl/α,β-unsaturated/α-hetero) is 1. The lowest BCUT2D eigenvalue weighted by Gasteiger charge is -2.36. The quantitative estimate of drug-likeness (QED) is 0.106. The Balaban J connectivity index is 1.91. The Kier molecular flexibility index (Phi) is 14.1. The zero-order valence-electron chi connectivity index (χ0n) is 24.8. The van der Waals surface area contributed by atoms with E-state index in [1.807, 2.05) is 0 Å². The van der Waals surface area contributed by atoms with Crippen molar-refractivity contribution in [2.75, 3.05) is 80.0 Å². The van der Waals surface area contributed by atoms with Crippen LogP contribution in [0.25, 0.3) is 0 Å². The molecule has 240 valence electrons. The van der Waals surface area contributed by atoms with E-state index in [0.29, 0.717) is 46.4 Å². The summed E-state index contributed by atoms with van der Waals surface area (Å²) < 4.78 is 58.7. The molecule has 1 aliphatic heterocycles. The lowest BCUT2D eigenvalue weighted by molar-refractivity contribution is -0.158. The number of hydrogen-bond donors (Lipinski definition) is 1. The number of ketones is 1. The highest BCUT2D eigenvalue weighted by Crippen LogP contribution is 2.53. The van der Waals surface area contributed by atoms with E-state index >= 15 is 0 Å². The zero-order valence-corrected chi connectivity index (χ0v) is 27.2. The van der Waals surface area contributed by atoms with Crippen LogP contribution in [0.3, 0.4) is 0 Å². The van der Waals surface area contributed by atoms with Crippen LogP contribution in [-0.4, -0.2) is 102 Å². The first-order valence-corrected chi connectivity index (χ1v) is 15.8. The first kappa shape index (κ1) is 35.2. The molecule has 0 aliphatic carbocycles. The minimum atomic E-state index is -4.43. The normalized spacial score (nSPS) is 16.9. The third kappa shape index (κ3) is 9.34. The largest absolute Gasteiger partial charge is 0.508 e. The van der Waals surface area contributed by atoms with Gasteiger partial charge in [-0.25, -0.2) is 4.57 Å². The summed E-state index contributed by atoms with van der Waals surface area (Å²) in [7, 11) is 3.01. The highest BCUT2D eigenvalue weighted by molar-refractivity contribution is 7.48. The second-order valence-corrected chi connectivity index (χ2v) is 11.3. The van der Waals surface area contributed by atoms with Crippen LogP contribution >= 0.6 is 31.0 Å². The van der Waals surface area contributed by atoms with Crippen molar-refractivity contribution in [3.8, 4) is 28.7 Å². The molecule has 0 spiro atoms. The third-order valence-corrected chi connectivity index (χ3v) is 7.99.